The molecule has 0 saturated heterocycles. The number of nitrogens with one attached hydrogen (secondary N) is 1. The lowest BCUT2D eigenvalue weighted by molar-refractivity contribution is 0.384. The van der Waals surface area contributed by atoms with Crippen molar-refractivity contribution in [1.82, 2.24) is 15.3 Å². The van der Waals surface area contributed by atoms with Crippen molar-refractivity contribution < 1.29 is 4.74 Å². The summed E-state index contributed by atoms with van der Waals surface area (Å²) in [6, 6.07) is 8.33. The molecule has 4 heteroatoms. The van der Waals surface area contributed by atoms with Gasteiger partial charge < -0.3 is 10.1 Å². The number of nitrogens with zero attached hydrogens (tertiary/aromatic N) is 2. The van der Waals surface area contributed by atoms with E-state index in [0.717, 1.165) is 11.3 Å². The first-order chi connectivity index (χ1) is 8.76. The van der Waals surface area contributed by atoms with Crippen molar-refractivity contribution >= 4 is 0 Å². The Morgan fingerprint density at radius 3 is 2.39 bits per heavy atom. The van der Waals surface area contributed by atoms with E-state index < -0.39 is 0 Å². The summed E-state index contributed by atoms with van der Waals surface area (Å²) in [7, 11) is 3.51. The fourth-order valence-corrected chi connectivity index (χ4v) is 1.91. The Hall–Kier alpha value is -1.94. The van der Waals surface area contributed by atoms with E-state index in [2.05, 4.69) is 46.5 Å². The molecular weight excluding hydrogens is 226 g/mol. The number of methoxy groups -OCH3 is 1. The lowest BCUT2D eigenvalue weighted by atomic mass is 10.0. The molecule has 0 fully saturated rings. The van der Waals surface area contributed by atoms with Gasteiger partial charge in [0, 0.05) is 12.4 Å². The van der Waals surface area contributed by atoms with Gasteiger partial charge in [-0.15, -0.1) is 0 Å². The molecule has 1 unspecified atom stereocenters. The van der Waals surface area contributed by atoms with Gasteiger partial charge in [0.2, 0.25) is 5.88 Å². The third-order valence-corrected chi connectivity index (χ3v) is 2.86. The molecule has 0 spiro atoms. The van der Waals surface area contributed by atoms with E-state index in [1.165, 1.54) is 5.56 Å². The lowest BCUT2D eigenvalue weighted by Gasteiger charge is -2.17. The predicted molar refractivity (Wildman–Crippen MR) is 70.7 cm³/mol. The topological polar surface area (TPSA) is 47.0 Å². The molecule has 2 aromatic rings. The monoisotopic (exact) mass is 243 g/mol. The number of ether oxygens (including phenoxy) is 1. The molecule has 2 rings (SSSR count). The second kappa shape index (κ2) is 5.60. The summed E-state index contributed by atoms with van der Waals surface area (Å²) >= 11 is 0. The number of hydrogen-bond acceptors (Lipinski definition) is 4. The van der Waals surface area contributed by atoms with Gasteiger partial charge in [-0.2, -0.15) is 0 Å². The molecule has 1 heterocycles. The van der Waals surface area contributed by atoms with Crippen LogP contribution in [0.1, 0.15) is 22.9 Å². The molecule has 0 aliphatic rings. The largest absolute Gasteiger partial charge is 0.480 e. The molecule has 1 aromatic heterocycles. The van der Waals surface area contributed by atoms with E-state index in [1.807, 2.05) is 7.05 Å². The Kier molecular flexibility index (Phi) is 3.89. The smallest absolute Gasteiger partial charge is 0.237 e. The Balaban J connectivity index is 2.41. The van der Waals surface area contributed by atoms with E-state index in [9.17, 15) is 0 Å². The summed E-state index contributed by atoms with van der Waals surface area (Å²) in [5.41, 5.74) is 3.17. The highest BCUT2D eigenvalue weighted by molar-refractivity contribution is 5.34. The molecule has 4 nitrogen and oxygen atoms in total. The quantitative estimate of drug-likeness (QED) is 0.893. The maximum atomic E-state index is 5.26. The highest BCUT2D eigenvalue weighted by Crippen LogP contribution is 2.25. The first-order valence-electron chi connectivity index (χ1n) is 5.85. The molecule has 0 amide bonds. The summed E-state index contributed by atoms with van der Waals surface area (Å²) in [5.74, 6) is 0.553. The fraction of sp³-hybridized carbons (Fsp3) is 0.286. The Morgan fingerprint density at radius 1 is 1.11 bits per heavy atom. The van der Waals surface area contributed by atoms with Crippen molar-refractivity contribution in [2.45, 2.75) is 13.0 Å². The van der Waals surface area contributed by atoms with Crippen LogP contribution in [0.2, 0.25) is 0 Å². The van der Waals surface area contributed by atoms with Crippen molar-refractivity contribution in [2.75, 3.05) is 14.2 Å². The Morgan fingerprint density at radius 2 is 1.78 bits per heavy atom. The Labute approximate surface area is 107 Å². The van der Waals surface area contributed by atoms with Gasteiger partial charge in [0.05, 0.1) is 13.2 Å². The van der Waals surface area contributed by atoms with Crippen LogP contribution in [-0.4, -0.2) is 24.1 Å². The van der Waals surface area contributed by atoms with Crippen LogP contribution in [0, 0.1) is 6.92 Å². The van der Waals surface area contributed by atoms with E-state index in [1.54, 1.807) is 19.5 Å². The first-order valence-corrected chi connectivity index (χ1v) is 5.85. The summed E-state index contributed by atoms with van der Waals surface area (Å²) in [6.45, 7) is 2.07. The molecule has 0 radical (unpaired) electrons. The third kappa shape index (κ3) is 2.49. The van der Waals surface area contributed by atoms with Crippen molar-refractivity contribution in [3.8, 4) is 5.88 Å². The van der Waals surface area contributed by atoms with Crippen molar-refractivity contribution in [3.05, 3.63) is 53.5 Å². The van der Waals surface area contributed by atoms with Crippen molar-refractivity contribution in [2.24, 2.45) is 0 Å². The van der Waals surface area contributed by atoms with Gasteiger partial charge in [0.25, 0.3) is 0 Å². The van der Waals surface area contributed by atoms with Crippen LogP contribution >= 0.6 is 0 Å². The van der Waals surface area contributed by atoms with Crippen LogP contribution in [-0.2, 0) is 0 Å². The zero-order chi connectivity index (χ0) is 13.0. The van der Waals surface area contributed by atoms with Crippen LogP contribution in [0.4, 0.5) is 0 Å². The van der Waals surface area contributed by atoms with Gasteiger partial charge in [0.15, 0.2) is 0 Å². The normalized spacial score (nSPS) is 12.2. The molecule has 0 aliphatic carbocycles. The summed E-state index contributed by atoms with van der Waals surface area (Å²) < 4.78 is 5.26. The van der Waals surface area contributed by atoms with E-state index in [0.29, 0.717) is 5.88 Å². The van der Waals surface area contributed by atoms with Crippen LogP contribution in [0.25, 0.3) is 0 Å². The Bertz CT molecular complexity index is 511. The number of aryl methyl sites for hydroxylation is 1. The van der Waals surface area contributed by atoms with Crippen LogP contribution in [0.5, 0.6) is 5.88 Å². The molecule has 1 atom stereocenters. The molecule has 1 N–H and O–H groups in total. The number of rotatable bonds is 4. The first kappa shape index (κ1) is 12.5. The number of aromatic nitrogens is 2. The second-order valence-electron chi connectivity index (χ2n) is 4.08. The lowest BCUT2D eigenvalue weighted by Crippen LogP contribution is -2.20. The molecular formula is C14H17N3O. The maximum Gasteiger partial charge on any atom is 0.237 e. The molecule has 0 bridgehead atoms. The highest BCUT2D eigenvalue weighted by atomic mass is 16.5. The molecule has 94 valence electrons. The standard InChI is InChI=1S/C14H17N3O/c1-10-4-6-11(7-5-10)12(15-2)13-14(18-3)17-9-8-16-13/h4-9,12,15H,1-3H3. The minimum absolute atomic E-state index is 0.0192. The number of benzene rings is 1. The van der Waals surface area contributed by atoms with Crippen LogP contribution < -0.4 is 10.1 Å². The van der Waals surface area contributed by atoms with Crippen LogP contribution in [0.3, 0.4) is 0 Å². The van der Waals surface area contributed by atoms with E-state index >= 15 is 0 Å². The molecule has 1 aromatic carbocycles. The predicted octanol–water partition coefficient (Wildman–Crippen LogP) is 2.10. The van der Waals surface area contributed by atoms with E-state index in [-0.39, 0.29) is 6.04 Å². The average molecular weight is 243 g/mol. The minimum atomic E-state index is -0.0192. The van der Waals surface area contributed by atoms with E-state index in [4.69, 9.17) is 4.74 Å². The molecule has 18 heavy (non-hydrogen) atoms. The van der Waals surface area contributed by atoms with Gasteiger partial charge >= 0.3 is 0 Å². The van der Waals surface area contributed by atoms with Gasteiger partial charge in [0.1, 0.15) is 5.69 Å². The zero-order valence-electron chi connectivity index (χ0n) is 10.8. The van der Waals surface area contributed by atoms with Gasteiger partial charge in [-0.25, -0.2) is 4.98 Å². The summed E-state index contributed by atoms with van der Waals surface area (Å²) in [5, 5.41) is 3.25. The second-order valence-corrected chi connectivity index (χ2v) is 4.08. The van der Waals surface area contributed by atoms with Crippen molar-refractivity contribution in [3.63, 3.8) is 0 Å². The van der Waals surface area contributed by atoms with Gasteiger partial charge in [-0.05, 0) is 19.5 Å². The highest BCUT2D eigenvalue weighted by Gasteiger charge is 2.18. The average Bonchev–Trinajstić information content (AvgIpc) is 2.42. The van der Waals surface area contributed by atoms with Crippen molar-refractivity contribution in [1.29, 1.82) is 0 Å². The molecule has 0 aliphatic heterocycles. The molecule has 0 saturated carbocycles. The van der Waals surface area contributed by atoms with Gasteiger partial charge in [-0.1, -0.05) is 29.8 Å². The summed E-state index contributed by atoms with van der Waals surface area (Å²) in [6.07, 6.45) is 3.31. The SMILES string of the molecule is CNC(c1ccc(C)cc1)c1nccnc1OC. The van der Waals surface area contributed by atoms with Crippen LogP contribution in [0.15, 0.2) is 36.7 Å². The van der Waals surface area contributed by atoms with Gasteiger partial charge in [-0.3, -0.25) is 4.98 Å². The number of hydrogen-bond donors (Lipinski definition) is 1. The zero-order valence-corrected chi connectivity index (χ0v) is 10.8. The minimum Gasteiger partial charge on any atom is -0.480 e. The summed E-state index contributed by atoms with van der Waals surface area (Å²) in [4.78, 5) is 8.55. The third-order valence-electron chi connectivity index (χ3n) is 2.86. The maximum absolute atomic E-state index is 5.26. The fourth-order valence-electron chi connectivity index (χ4n) is 1.91.